The number of likely N-dealkylation sites (tertiary alicyclic amines) is 1. The Balaban J connectivity index is 1.61. The summed E-state index contributed by atoms with van der Waals surface area (Å²) in [6, 6.07) is 5.96. The van der Waals surface area contributed by atoms with Crippen LogP contribution in [0.1, 0.15) is 18.4 Å². The molecule has 1 aromatic carbocycles. The summed E-state index contributed by atoms with van der Waals surface area (Å²) in [6.07, 6.45) is 2.35. The predicted molar refractivity (Wildman–Crippen MR) is 93.8 cm³/mol. The molecule has 3 rings (SSSR count). The monoisotopic (exact) mass is 333 g/mol. The number of ether oxygens (including phenoxy) is 3. The van der Waals surface area contributed by atoms with Gasteiger partial charge in [0.2, 0.25) is 0 Å². The molecule has 0 aliphatic carbocycles. The van der Waals surface area contributed by atoms with Crippen LogP contribution in [-0.2, 0) is 11.3 Å². The third-order valence-electron chi connectivity index (χ3n) is 5.03. The molecule has 132 valence electrons. The zero-order valence-electron chi connectivity index (χ0n) is 14.8. The van der Waals surface area contributed by atoms with Crippen molar-refractivity contribution in [3.05, 3.63) is 23.8 Å². The summed E-state index contributed by atoms with van der Waals surface area (Å²) in [4.78, 5) is 6.79. The molecule has 1 spiro atoms. The Labute approximate surface area is 143 Å². The van der Waals surface area contributed by atoms with Crippen molar-refractivity contribution in [3.8, 4) is 11.5 Å². The van der Waals surface area contributed by atoms with Gasteiger partial charge in [-0.05, 0) is 30.5 Å². The molecule has 1 N–H and O–H groups in total. The average molecular weight is 333 g/mol. The standard InChI is InChI=1S/C18H27N3O3/c1-19-17(21-8-6-18(12-21)7-9-24-13-18)20-11-14-4-5-15(22-2)16(10-14)23-3/h4-5,10H,6-9,11-13H2,1-3H3,(H,19,20). The fourth-order valence-electron chi connectivity index (χ4n) is 3.59. The molecule has 1 atom stereocenters. The smallest absolute Gasteiger partial charge is 0.193 e. The zero-order chi connectivity index (χ0) is 17.0. The number of nitrogens with one attached hydrogen (secondary N) is 1. The van der Waals surface area contributed by atoms with Crippen LogP contribution in [0.2, 0.25) is 0 Å². The summed E-state index contributed by atoms with van der Waals surface area (Å²) in [5.41, 5.74) is 1.47. The number of rotatable bonds is 4. The minimum Gasteiger partial charge on any atom is -0.493 e. The Hall–Kier alpha value is -1.95. The van der Waals surface area contributed by atoms with E-state index in [4.69, 9.17) is 14.2 Å². The molecule has 6 heteroatoms. The number of guanidine groups is 1. The fraction of sp³-hybridized carbons (Fsp3) is 0.611. The summed E-state index contributed by atoms with van der Waals surface area (Å²) in [5, 5.41) is 3.46. The van der Waals surface area contributed by atoms with Gasteiger partial charge in [0.15, 0.2) is 17.5 Å². The summed E-state index contributed by atoms with van der Waals surface area (Å²) in [6.45, 7) is 4.54. The molecular formula is C18H27N3O3. The first-order valence-corrected chi connectivity index (χ1v) is 8.44. The van der Waals surface area contributed by atoms with Crippen LogP contribution < -0.4 is 14.8 Å². The van der Waals surface area contributed by atoms with Gasteiger partial charge in [-0.1, -0.05) is 6.07 Å². The van der Waals surface area contributed by atoms with E-state index in [9.17, 15) is 0 Å². The van der Waals surface area contributed by atoms with Gasteiger partial charge < -0.3 is 24.4 Å². The Morgan fingerprint density at radius 3 is 2.79 bits per heavy atom. The van der Waals surface area contributed by atoms with Crippen LogP contribution >= 0.6 is 0 Å². The third-order valence-corrected chi connectivity index (χ3v) is 5.03. The van der Waals surface area contributed by atoms with Crippen molar-refractivity contribution in [3.63, 3.8) is 0 Å². The minimum atomic E-state index is 0.334. The van der Waals surface area contributed by atoms with Crippen LogP contribution in [0.3, 0.4) is 0 Å². The van der Waals surface area contributed by atoms with Crippen LogP contribution in [0.5, 0.6) is 11.5 Å². The van der Waals surface area contributed by atoms with Gasteiger partial charge in [-0.2, -0.15) is 0 Å². The minimum absolute atomic E-state index is 0.334. The van der Waals surface area contributed by atoms with E-state index in [-0.39, 0.29) is 0 Å². The van der Waals surface area contributed by atoms with E-state index in [0.717, 1.165) is 55.7 Å². The number of nitrogens with zero attached hydrogens (tertiary/aromatic N) is 2. The number of hydrogen-bond donors (Lipinski definition) is 1. The van der Waals surface area contributed by atoms with Crippen LogP contribution in [0, 0.1) is 5.41 Å². The lowest BCUT2D eigenvalue weighted by molar-refractivity contribution is 0.156. The van der Waals surface area contributed by atoms with E-state index >= 15 is 0 Å². The predicted octanol–water partition coefficient (Wildman–Crippen LogP) is 1.89. The van der Waals surface area contributed by atoms with E-state index in [1.165, 1.54) is 6.42 Å². The molecule has 6 nitrogen and oxygen atoms in total. The fourth-order valence-corrected chi connectivity index (χ4v) is 3.59. The SMILES string of the molecule is CN=C(NCc1ccc(OC)c(OC)c1)N1CCC2(CCOC2)C1. The van der Waals surface area contributed by atoms with E-state index < -0.39 is 0 Å². The Kier molecular flexibility index (Phi) is 5.14. The second-order valence-electron chi connectivity index (χ2n) is 6.56. The van der Waals surface area contributed by atoms with E-state index in [0.29, 0.717) is 12.0 Å². The van der Waals surface area contributed by atoms with Crippen LogP contribution in [-0.4, -0.2) is 58.4 Å². The Morgan fingerprint density at radius 1 is 1.29 bits per heavy atom. The molecule has 1 unspecified atom stereocenters. The van der Waals surface area contributed by atoms with Crippen LogP contribution in [0.25, 0.3) is 0 Å². The molecule has 0 bridgehead atoms. The normalized spacial score (nSPS) is 23.8. The Bertz CT molecular complexity index is 597. The van der Waals surface area contributed by atoms with Crippen LogP contribution in [0.4, 0.5) is 0 Å². The van der Waals surface area contributed by atoms with Gasteiger partial charge in [0.05, 0.1) is 20.8 Å². The number of hydrogen-bond acceptors (Lipinski definition) is 4. The first-order valence-electron chi connectivity index (χ1n) is 8.44. The molecule has 2 heterocycles. The molecule has 2 aliphatic rings. The molecule has 24 heavy (non-hydrogen) atoms. The lowest BCUT2D eigenvalue weighted by atomic mass is 9.87. The Morgan fingerprint density at radius 2 is 2.12 bits per heavy atom. The number of methoxy groups -OCH3 is 2. The second kappa shape index (κ2) is 7.30. The highest BCUT2D eigenvalue weighted by Crippen LogP contribution is 2.38. The largest absolute Gasteiger partial charge is 0.493 e. The quantitative estimate of drug-likeness (QED) is 0.674. The molecule has 0 radical (unpaired) electrons. The van der Waals surface area contributed by atoms with Gasteiger partial charge in [-0.3, -0.25) is 4.99 Å². The molecule has 2 fully saturated rings. The number of benzene rings is 1. The van der Waals surface area contributed by atoms with Gasteiger partial charge >= 0.3 is 0 Å². The van der Waals surface area contributed by atoms with Crippen molar-refractivity contribution in [2.24, 2.45) is 10.4 Å². The molecule has 0 aromatic heterocycles. The molecule has 2 saturated heterocycles. The van der Waals surface area contributed by atoms with Crippen LogP contribution in [0.15, 0.2) is 23.2 Å². The highest BCUT2D eigenvalue weighted by atomic mass is 16.5. The maximum atomic E-state index is 5.61. The number of aliphatic imine (C=N–C) groups is 1. The van der Waals surface area contributed by atoms with Crippen molar-refractivity contribution >= 4 is 5.96 Å². The van der Waals surface area contributed by atoms with E-state index in [2.05, 4.69) is 15.2 Å². The maximum absolute atomic E-state index is 5.61. The van der Waals surface area contributed by atoms with Gasteiger partial charge in [-0.25, -0.2) is 0 Å². The zero-order valence-corrected chi connectivity index (χ0v) is 14.8. The van der Waals surface area contributed by atoms with Crippen molar-refractivity contribution in [1.29, 1.82) is 0 Å². The van der Waals surface area contributed by atoms with Crippen molar-refractivity contribution in [1.82, 2.24) is 10.2 Å². The van der Waals surface area contributed by atoms with Gasteiger partial charge in [-0.15, -0.1) is 0 Å². The summed E-state index contributed by atoms with van der Waals surface area (Å²) >= 11 is 0. The molecule has 0 amide bonds. The molecule has 0 saturated carbocycles. The van der Waals surface area contributed by atoms with Gasteiger partial charge in [0, 0.05) is 38.7 Å². The van der Waals surface area contributed by atoms with Gasteiger partial charge in [0.1, 0.15) is 0 Å². The lowest BCUT2D eigenvalue weighted by Gasteiger charge is -2.25. The maximum Gasteiger partial charge on any atom is 0.193 e. The molecule has 2 aliphatic heterocycles. The molecule has 1 aromatic rings. The molecular weight excluding hydrogens is 306 g/mol. The first kappa shape index (κ1) is 16.9. The lowest BCUT2D eigenvalue weighted by Crippen LogP contribution is -2.41. The summed E-state index contributed by atoms with van der Waals surface area (Å²) in [7, 11) is 5.14. The van der Waals surface area contributed by atoms with Gasteiger partial charge in [0.25, 0.3) is 0 Å². The first-order chi connectivity index (χ1) is 11.7. The summed E-state index contributed by atoms with van der Waals surface area (Å²) in [5.74, 6) is 2.44. The topological polar surface area (TPSA) is 55.3 Å². The average Bonchev–Trinajstić information content (AvgIpc) is 3.25. The van der Waals surface area contributed by atoms with Crippen molar-refractivity contribution in [2.75, 3.05) is 47.6 Å². The van der Waals surface area contributed by atoms with E-state index in [1.807, 2.05) is 25.2 Å². The van der Waals surface area contributed by atoms with E-state index in [1.54, 1.807) is 14.2 Å². The second-order valence-corrected chi connectivity index (χ2v) is 6.56. The third kappa shape index (κ3) is 3.43. The highest BCUT2D eigenvalue weighted by molar-refractivity contribution is 5.80. The highest BCUT2D eigenvalue weighted by Gasteiger charge is 2.42. The summed E-state index contributed by atoms with van der Waals surface area (Å²) < 4.78 is 16.3. The van der Waals surface area contributed by atoms with Crippen molar-refractivity contribution in [2.45, 2.75) is 19.4 Å². The van der Waals surface area contributed by atoms with Crippen molar-refractivity contribution < 1.29 is 14.2 Å².